The van der Waals surface area contributed by atoms with E-state index in [0.29, 0.717) is 0 Å². The summed E-state index contributed by atoms with van der Waals surface area (Å²) < 4.78 is 30.1. The Labute approximate surface area is 364 Å². The molecule has 4 aliphatic rings. The third-order valence-corrected chi connectivity index (χ3v) is 11.7. The van der Waals surface area contributed by atoms with E-state index in [-0.39, 0.29) is 100.0 Å². The maximum atomic E-state index is 13.2. The van der Waals surface area contributed by atoms with Crippen LogP contribution in [0.4, 0.5) is 13.5 Å². The number of hydrogen-bond acceptors (Lipinski definition) is 4. The number of fused-ring (bicyclic) bond motifs is 4. The molecule has 6 nitrogen and oxygen atoms in total. The minimum atomic E-state index is -0.294. The van der Waals surface area contributed by atoms with Crippen LogP contribution in [0.3, 0.4) is 0 Å². The molecule has 1 N–H and O–H groups in total. The van der Waals surface area contributed by atoms with Gasteiger partial charge in [0.25, 0.3) is 0 Å². The number of rotatable bonds is 8. The summed E-state index contributed by atoms with van der Waals surface area (Å²) in [5.74, 6) is -0.120. The smallest absolute Gasteiger partial charge is 1.00 e. The molecule has 0 aliphatic heterocycles. The molecule has 2 fully saturated rings. The first-order valence-electron chi connectivity index (χ1n) is 18.3. The van der Waals surface area contributed by atoms with Crippen molar-refractivity contribution in [1.29, 1.82) is 0 Å². The molecule has 0 amide bonds. The van der Waals surface area contributed by atoms with E-state index >= 15 is 0 Å². The second-order valence-corrected chi connectivity index (χ2v) is 14.9. The fraction of sp³-hybridized carbons (Fsp3) is 0.391. The maximum absolute atomic E-state index is 13.2. The molecule has 5 atom stereocenters. The molecule has 2 heterocycles. The summed E-state index contributed by atoms with van der Waals surface area (Å²) in [7, 11) is 0. The molecule has 0 saturated heterocycles. The number of benzene rings is 2. The normalized spacial score (nSPS) is 22.1. The Kier molecular flexibility index (Phi) is 19.9. The van der Waals surface area contributed by atoms with Gasteiger partial charge in [-0.25, -0.2) is 18.1 Å². The van der Waals surface area contributed by atoms with Crippen LogP contribution in [0.15, 0.2) is 97.4 Å². The zero-order valence-corrected chi connectivity index (χ0v) is 34.8. The Balaban J connectivity index is 0.000000486. The number of nitrogens with zero attached hydrogens (tertiary/aromatic N) is 4. The molecule has 2 aromatic carbocycles. The number of hydrogen-bond donors (Lipinski definition) is 1. The quantitative estimate of drug-likeness (QED) is 0.0854. The molecule has 2 aromatic heterocycles. The van der Waals surface area contributed by atoms with Gasteiger partial charge in [0.05, 0.1) is 41.3 Å². The number of aromatic nitrogens is 4. The van der Waals surface area contributed by atoms with E-state index < -0.39 is 0 Å². The van der Waals surface area contributed by atoms with Crippen molar-refractivity contribution < 1.29 is 40.4 Å². The zero-order chi connectivity index (χ0) is 37.0. The fourth-order valence-corrected chi connectivity index (χ4v) is 8.66. The Morgan fingerprint density at radius 2 is 1.28 bits per heavy atom. The van der Waals surface area contributed by atoms with Gasteiger partial charge in [0.2, 0.25) is 0 Å². The maximum Gasteiger partial charge on any atom is 2.00 e. The number of carbonyl (C=O) groups is 1. The summed E-state index contributed by atoms with van der Waals surface area (Å²) in [6, 6.07) is 12.8. The van der Waals surface area contributed by atoms with Crippen LogP contribution in [0, 0.1) is 41.2 Å². The summed E-state index contributed by atoms with van der Waals surface area (Å²) in [6.07, 6.45) is 20.8. The van der Waals surface area contributed by atoms with Crippen molar-refractivity contribution in [2.75, 3.05) is 0 Å². The standard InChI is InChI=1S/C22H25FN2O.C18H17FN2O.C4H7.2CH4.BrH.FH.Mg/c1-3-4-5-21(26)19-11-6-16-12-20-15(13-22(16,19)2)14-24-25(20)18-9-7-17(23)8-10-18;1-18-9-12-10-20-21(16-6-4-15(19)5-7-16)17(12)8-13(18)2-3-14(18)11-22;1-3-4-2;;;;;/h3,7-10,12,14,19,21,26H,1,4-6,11,13H2,2H3;4-8,10-11,14H,2-3,9H2,1H3;3H,1-2,4H2;2*1H4;2*1H;/q;;-1;;;;;+2/p-1/t19-,21+,22+;14-,18+;;;;;;/m11....../s1. The summed E-state index contributed by atoms with van der Waals surface area (Å²) in [6.45, 7) is 15.1. The SMILES string of the molecule is C.C.C=CCC[C@H](O)[C@H]1CCC2=Cc3c(cnn3-c3ccc(F)cc3)C[C@@]21C.C=CC[CH2-].C[C@]12Cc3cnn(-c4ccc(F)cc4)c3C=C1CC[C@@H]2C=O.F.[Br-].[Mg+2]. The van der Waals surface area contributed by atoms with Crippen LogP contribution in [-0.2, 0) is 17.6 Å². The van der Waals surface area contributed by atoms with Gasteiger partial charge in [-0.15, -0.1) is 19.2 Å². The second-order valence-electron chi connectivity index (χ2n) is 14.9. The van der Waals surface area contributed by atoms with Gasteiger partial charge in [-0.2, -0.15) is 16.6 Å². The zero-order valence-electron chi connectivity index (χ0n) is 31.8. The summed E-state index contributed by atoms with van der Waals surface area (Å²) in [5.41, 5.74) is 8.89. The molecule has 0 bridgehead atoms. The van der Waals surface area contributed by atoms with Crippen molar-refractivity contribution in [3.05, 3.63) is 138 Å². The Morgan fingerprint density at radius 3 is 1.72 bits per heavy atom. The topological polar surface area (TPSA) is 72.9 Å². The van der Waals surface area contributed by atoms with Crippen LogP contribution in [0.5, 0.6) is 0 Å². The van der Waals surface area contributed by atoms with Gasteiger partial charge in [-0.1, -0.05) is 45.9 Å². The largest absolute Gasteiger partial charge is 2.00 e. The summed E-state index contributed by atoms with van der Waals surface area (Å²) in [4.78, 5) is 11.4. The average molecular weight is 860 g/mol. The first-order valence-corrected chi connectivity index (χ1v) is 18.3. The second kappa shape index (κ2) is 22.0. The number of allylic oxidation sites excluding steroid dienone is 4. The minimum Gasteiger partial charge on any atom is -1.00 e. The molecule has 2 saturated carbocycles. The molecular formula is C46H58BrF3MgN4O2. The van der Waals surface area contributed by atoms with Crippen molar-refractivity contribution in [1.82, 2.24) is 19.6 Å². The molecule has 304 valence electrons. The van der Waals surface area contributed by atoms with Crippen LogP contribution >= 0.6 is 0 Å². The van der Waals surface area contributed by atoms with Crippen LogP contribution < -0.4 is 17.0 Å². The van der Waals surface area contributed by atoms with Crippen LogP contribution in [-0.4, -0.2) is 60.1 Å². The van der Waals surface area contributed by atoms with Gasteiger partial charge >= 0.3 is 23.1 Å². The summed E-state index contributed by atoms with van der Waals surface area (Å²) >= 11 is 0. The van der Waals surface area contributed by atoms with Crippen molar-refractivity contribution in [2.24, 2.45) is 22.7 Å². The third kappa shape index (κ3) is 10.4. The number of aldehydes is 1. The van der Waals surface area contributed by atoms with Gasteiger partial charge < -0.3 is 33.8 Å². The van der Waals surface area contributed by atoms with Crippen LogP contribution in [0.2, 0.25) is 0 Å². The molecule has 4 aliphatic carbocycles. The van der Waals surface area contributed by atoms with E-state index in [1.165, 1.54) is 41.0 Å². The molecule has 57 heavy (non-hydrogen) atoms. The van der Waals surface area contributed by atoms with Crippen molar-refractivity contribution in [2.45, 2.75) is 92.6 Å². The van der Waals surface area contributed by atoms with Gasteiger partial charge in [-0.05, 0) is 135 Å². The predicted octanol–water partition coefficient (Wildman–Crippen LogP) is 7.70. The van der Waals surface area contributed by atoms with Crippen molar-refractivity contribution in [3.63, 3.8) is 0 Å². The molecule has 0 radical (unpaired) electrons. The van der Waals surface area contributed by atoms with E-state index in [0.717, 1.165) is 92.4 Å². The number of carbonyl (C=O) groups excluding carboxylic acids is 1. The van der Waals surface area contributed by atoms with E-state index in [1.807, 2.05) is 27.8 Å². The molecule has 4 aromatic rings. The van der Waals surface area contributed by atoms with Crippen LogP contribution in [0.25, 0.3) is 23.5 Å². The van der Waals surface area contributed by atoms with Crippen molar-refractivity contribution in [3.8, 4) is 11.4 Å². The third-order valence-electron chi connectivity index (χ3n) is 11.7. The average Bonchev–Trinajstić information content (AvgIpc) is 3.91. The Hall–Kier alpha value is -3.51. The first kappa shape index (κ1) is 51.5. The molecular weight excluding hydrogens is 802 g/mol. The fourth-order valence-electron chi connectivity index (χ4n) is 8.66. The molecule has 0 unspecified atom stereocenters. The van der Waals surface area contributed by atoms with E-state index in [4.69, 9.17) is 0 Å². The number of halogens is 4. The number of aliphatic hydroxyl groups is 1. The minimum absolute atomic E-state index is 0. The van der Waals surface area contributed by atoms with Crippen molar-refractivity contribution >= 4 is 41.5 Å². The van der Waals surface area contributed by atoms with Gasteiger partial charge in [0.1, 0.15) is 17.9 Å². The van der Waals surface area contributed by atoms with Gasteiger partial charge in [0.15, 0.2) is 0 Å². The Morgan fingerprint density at radius 1 is 0.842 bits per heavy atom. The van der Waals surface area contributed by atoms with Gasteiger partial charge in [0, 0.05) is 11.3 Å². The number of aliphatic hydroxyl groups excluding tert-OH is 1. The molecule has 0 spiro atoms. The van der Waals surface area contributed by atoms with E-state index in [9.17, 15) is 18.7 Å². The molecule has 8 rings (SSSR count). The molecule has 11 heteroatoms. The Bertz CT molecular complexity index is 1990. The summed E-state index contributed by atoms with van der Waals surface area (Å²) in [5, 5.41) is 19.7. The van der Waals surface area contributed by atoms with Gasteiger partial charge in [-0.3, -0.25) is 4.70 Å². The first-order chi connectivity index (χ1) is 25.1. The predicted molar refractivity (Wildman–Crippen MR) is 225 cm³/mol. The van der Waals surface area contributed by atoms with E-state index in [2.05, 4.69) is 56.3 Å². The van der Waals surface area contributed by atoms with E-state index in [1.54, 1.807) is 30.3 Å². The van der Waals surface area contributed by atoms with Crippen LogP contribution in [0.1, 0.15) is 96.2 Å². The monoisotopic (exact) mass is 858 g/mol.